The lowest BCUT2D eigenvalue weighted by molar-refractivity contribution is -0.119. The van der Waals surface area contributed by atoms with Crippen molar-refractivity contribution in [2.45, 2.75) is 20.8 Å². The van der Waals surface area contributed by atoms with Gasteiger partial charge in [-0.25, -0.2) is 0 Å². The van der Waals surface area contributed by atoms with Gasteiger partial charge in [0, 0.05) is 42.7 Å². The molecule has 2 heterocycles. The lowest BCUT2D eigenvalue weighted by atomic mass is 10.0. The molecule has 0 saturated heterocycles. The van der Waals surface area contributed by atoms with Gasteiger partial charge in [0.15, 0.2) is 0 Å². The summed E-state index contributed by atoms with van der Waals surface area (Å²) in [6.45, 7) is 5.81. The van der Waals surface area contributed by atoms with Gasteiger partial charge in [-0.2, -0.15) is 0 Å². The summed E-state index contributed by atoms with van der Waals surface area (Å²) >= 11 is 0. The highest BCUT2D eigenvalue weighted by atomic mass is 16.2. The third-order valence-electron chi connectivity index (χ3n) is 4.49. The molecule has 0 unspecified atom stereocenters. The lowest BCUT2D eigenvalue weighted by Gasteiger charge is -2.06. The van der Waals surface area contributed by atoms with E-state index < -0.39 is 0 Å². The topological polar surface area (TPSA) is 103 Å². The Hall–Kier alpha value is -3.35. The number of hydrogen-bond donors (Lipinski definition) is 4. The minimum absolute atomic E-state index is 0.137. The number of aromatic nitrogens is 1. The van der Waals surface area contributed by atoms with Crippen LogP contribution in [0.5, 0.6) is 0 Å². The molecule has 0 fully saturated rings. The summed E-state index contributed by atoms with van der Waals surface area (Å²) in [5, 5.41) is 8.27. The number of anilines is 1. The minimum Gasteiger partial charge on any atom is -0.358 e. The number of benzene rings is 1. The van der Waals surface area contributed by atoms with E-state index in [1.807, 2.05) is 38.1 Å². The maximum atomic E-state index is 12.5. The van der Waals surface area contributed by atoms with Crippen LogP contribution in [0.25, 0.3) is 11.6 Å². The highest BCUT2D eigenvalue weighted by Gasteiger charge is 2.25. The first-order chi connectivity index (χ1) is 12.9. The van der Waals surface area contributed by atoms with Gasteiger partial charge < -0.3 is 20.9 Å². The van der Waals surface area contributed by atoms with Crippen molar-refractivity contribution in [1.82, 2.24) is 15.6 Å². The molecule has 0 aliphatic carbocycles. The predicted molar refractivity (Wildman–Crippen MR) is 104 cm³/mol. The number of H-pyrrole nitrogens is 1. The summed E-state index contributed by atoms with van der Waals surface area (Å²) in [4.78, 5) is 38.9. The molecule has 3 rings (SSSR count). The molecule has 0 atom stereocenters. The van der Waals surface area contributed by atoms with Gasteiger partial charge in [-0.15, -0.1) is 0 Å². The van der Waals surface area contributed by atoms with Crippen LogP contribution in [0.2, 0.25) is 0 Å². The first kappa shape index (κ1) is 18.4. The molecule has 140 valence electrons. The zero-order chi connectivity index (χ0) is 19.6. The van der Waals surface area contributed by atoms with Crippen molar-refractivity contribution < 1.29 is 14.4 Å². The molecule has 1 aliphatic heterocycles. The Kier molecular flexibility index (Phi) is 5.12. The monoisotopic (exact) mass is 366 g/mol. The fourth-order valence-corrected chi connectivity index (χ4v) is 3.19. The lowest BCUT2D eigenvalue weighted by Crippen LogP contribution is -2.34. The number of amides is 3. The largest absolute Gasteiger partial charge is 0.358 e. The third kappa shape index (κ3) is 3.76. The Balaban J connectivity index is 1.83. The number of hydrogen-bond acceptors (Lipinski definition) is 3. The highest BCUT2D eigenvalue weighted by molar-refractivity contribution is 6.34. The number of rotatable bonds is 5. The third-order valence-corrected chi connectivity index (χ3v) is 4.49. The quantitative estimate of drug-likeness (QED) is 0.481. The van der Waals surface area contributed by atoms with Crippen molar-refractivity contribution in [2.24, 2.45) is 0 Å². The predicted octanol–water partition coefficient (Wildman–Crippen LogP) is 1.99. The van der Waals surface area contributed by atoms with E-state index in [9.17, 15) is 14.4 Å². The molecule has 1 aliphatic rings. The second kappa shape index (κ2) is 7.49. The van der Waals surface area contributed by atoms with Crippen LogP contribution in [0.4, 0.5) is 5.69 Å². The van der Waals surface area contributed by atoms with E-state index in [0.29, 0.717) is 24.2 Å². The molecule has 0 bridgehead atoms. The van der Waals surface area contributed by atoms with Crippen molar-refractivity contribution in [3.63, 3.8) is 0 Å². The number of aryl methyl sites for hydroxylation is 1. The van der Waals surface area contributed by atoms with E-state index in [4.69, 9.17) is 0 Å². The number of aromatic amines is 1. The Morgan fingerprint density at radius 1 is 1.11 bits per heavy atom. The normalized spacial score (nSPS) is 14.0. The molecule has 0 radical (unpaired) electrons. The van der Waals surface area contributed by atoms with Crippen LogP contribution in [0, 0.1) is 13.8 Å². The Labute approximate surface area is 157 Å². The zero-order valence-corrected chi connectivity index (χ0v) is 15.5. The molecule has 1 aromatic carbocycles. The summed E-state index contributed by atoms with van der Waals surface area (Å²) in [5.41, 5.74) is 4.96. The summed E-state index contributed by atoms with van der Waals surface area (Å²) in [5.74, 6) is -0.515. The number of para-hydroxylation sites is 1. The summed E-state index contributed by atoms with van der Waals surface area (Å²) in [7, 11) is 0. The van der Waals surface area contributed by atoms with Gasteiger partial charge in [0.1, 0.15) is 0 Å². The average molecular weight is 366 g/mol. The van der Waals surface area contributed by atoms with E-state index in [2.05, 4.69) is 20.9 Å². The van der Waals surface area contributed by atoms with E-state index in [-0.39, 0.29) is 17.7 Å². The van der Waals surface area contributed by atoms with Crippen molar-refractivity contribution in [3.8, 4) is 0 Å². The van der Waals surface area contributed by atoms with Crippen molar-refractivity contribution in [1.29, 1.82) is 0 Å². The molecule has 0 saturated carbocycles. The first-order valence-corrected chi connectivity index (χ1v) is 8.72. The van der Waals surface area contributed by atoms with Crippen molar-refractivity contribution in [2.75, 3.05) is 18.4 Å². The van der Waals surface area contributed by atoms with Crippen molar-refractivity contribution >= 4 is 35.1 Å². The van der Waals surface area contributed by atoms with E-state index in [1.165, 1.54) is 6.92 Å². The van der Waals surface area contributed by atoms with Gasteiger partial charge in [-0.1, -0.05) is 18.2 Å². The molecule has 3 amide bonds. The Morgan fingerprint density at radius 2 is 1.81 bits per heavy atom. The van der Waals surface area contributed by atoms with Crippen LogP contribution in [0.15, 0.2) is 24.3 Å². The number of carbonyl (C=O) groups is 3. The fraction of sp³-hybridized carbons (Fsp3) is 0.250. The van der Waals surface area contributed by atoms with E-state index >= 15 is 0 Å². The minimum atomic E-state index is -0.215. The molecule has 0 spiro atoms. The van der Waals surface area contributed by atoms with Crippen molar-refractivity contribution in [3.05, 3.63) is 52.3 Å². The molecular weight excluding hydrogens is 344 g/mol. The summed E-state index contributed by atoms with van der Waals surface area (Å²) in [6, 6.07) is 7.50. The molecular formula is C20H22N4O3. The number of carbonyl (C=O) groups excluding carboxylic acids is 3. The number of nitrogens with one attached hydrogen (secondary N) is 4. The second-order valence-corrected chi connectivity index (χ2v) is 6.46. The molecule has 27 heavy (non-hydrogen) atoms. The molecule has 7 nitrogen and oxygen atoms in total. The molecule has 7 heteroatoms. The van der Waals surface area contributed by atoms with Crippen LogP contribution >= 0.6 is 0 Å². The van der Waals surface area contributed by atoms with E-state index in [0.717, 1.165) is 28.2 Å². The van der Waals surface area contributed by atoms with Crippen LogP contribution in [0.1, 0.15) is 39.8 Å². The Bertz CT molecular complexity index is 956. The maximum Gasteiger partial charge on any atom is 0.256 e. The maximum absolute atomic E-state index is 12.5. The van der Waals surface area contributed by atoms with Gasteiger partial charge >= 0.3 is 0 Å². The second-order valence-electron chi connectivity index (χ2n) is 6.46. The van der Waals surface area contributed by atoms with E-state index in [1.54, 1.807) is 6.08 Å². The Morgan fingerprint density at radius 3 is 2.56 bits per heavy atom. The summed E-state index contributed by atoms with van der Waals surface area (Å²) < 4.78 is 0. The average Bonchev–Trinajstić information content (AvgIpc) is 3.08. The van der Waals surface area contributed by atoms with Gasteiger partial charge in [0.05, 0.1) is 11.1 Å². The van der Waals surface area contributed by atoms with Gasteiger partial charge in [0.25, 0.3) is 11.8 Å². The van der Waals surface area contributed by atoms with Crippen LogP contribution in [-0.4, -0.2) is 35.8 Å². The molecule has 4 N–H and O–H groups in total. The fourth-order valence-electron chi connectivity index (χ4n) is 3.19. The number of fused-ring (bicyclic) bond motifs is 1. The first-order valence-electron chi connectivity index (χ1n) is 8.72. The van der Waals surface area contributed by atoms with Crippen LogP contribution in [-0.2, 0) is 9.59 Å². The van der Waals surface area contributed by atoms with Gasteiger partial charge in [0.2, 0.25) is 5.91 Å². The molecule has 1 aromatic heterocycles. The highest BCUT2D eigenvalue weighted by Crippen LogP contribution is 2.33. The summed E-state index contributed by atoms with van der Waals surface area (Å²) in [6.07, 6.45) is 1.78. The van der Waals surface area contributed by atoms with Gasteiger partial charge in [-0.3, -0.25) is 14.4 Å². The molecule has 2 aromatic rings. The van der Waals surface area contributed by atoms with Crippen LogP contribution < -0.4 is 16.0 Å². The SMILES string of the molecule is CC(=O)NCCNC(=O)c1c(C)[nH]c(C=C2C(=O)Nc3ccccc32)c1C. The van der Waals surface area contributed by atoms with Crippen LogP contribution in [0.3, 0.4) is 0 Å². The smallest absolute Gasteiger partial charge is 0.256 e. The standard InChI is InChI=1S/C20H22N4O3/c1-11-17(10-15-14-6-4-5-7-16(14)24-19(15)26)23-12(2)18(11)20(27)22-9-8-21-13(3)25/h4-7,10,23H,8-9H2,1-3H3,(H,21,25)(H,22,27)(H,24,26). The van der Waals surface area contributed by atoms with Gasteiger partial charge in [-0.05, 0) is 31.6 Å². The zero-order valence-electron chi connectivity index (χ0n) is 15.5.